The topological polar surface area (TPSA) is 17.8 Å². The molecule has 2 nitrogen and oxygen atoms in total. The highest BCUT2D eigenvalue weighted by Crippen LogP contribution is 2.42. The lowest BCUT2D eigenvalue weighted by Crippen LogP contribution is -2.30. The average molecular weight is 246 g/mol. The fourth-order valence-corrected chi connectivity index (χ4v) is 3.09. The molecule has 2 aliphatic rings. The van der Waals surface area contributed by atoms with E-state index in [0.29, 0.717) is 6.42 Å². The summed E-state index contributed by atoms with van der Waals surface area (Å²) in [5.41, 5.74) is 0.0915. The van der Waals surface area contributed by atoms with E-state index in [-0.39, 0.29) is 5.92 Å². The highest BCUT2D eigenvalue weighted by Gasteiger charge is 2.38. The molecule has 1 heterocycles. The van der Waals surface area contributed by atoms with Gasteiger partial charge in [0.05, 0.1) is 6.33 Å². The van der Waals surface area contributed by atoms with Crippen molar-refractivity contribution in [3.8, 4) is 0 Å². The number of hydrogen-bond acceptors (Lipinski definition) is 1. The summed E-state index contributed by atoms with van der Waals surface area (Å²) in [6, 6.07) is 0. The lowest BCUT2D eigenvalue weighted by Gasteiger charge is -2.30. The van der Waals surface area contributed by atoms with E-state index >= 15 is 0 Å². The molecule has 3 rings (SSSR count). The number of alkyl halides is 1. The van der Waals surface area contributed by atoms with Crippen molar-refractivity contribution < 1.29 is 4.39 Å². The quantitative estimate of drug-likeness (QED) is 0.795. The zero-order chi connectivity index (χ0) is 12.4. The second-order valence-corrected chi connectivity index (χ2v) is 5.46. The van der Waals surface area contributed by atoms with Crippen LogP contribution in [0.2, 0.25) is 0 Å². The largest absolute Gasteiger partial charge is 0.333 e. The first-order valence-corrected chi connectivity index (χ1v) is 6.79. The number of hydrogen-bond donors (Lipinski definition) is 0. The maximum absolute atomic E-state index is 14.8. The van der Waals surface area contributed by atoms with E-state index in [4.69, 9.17) is 0 Å². The normalized spacial score (nSPS) is 28.6. The van der Waals surface area contributed by atoms with Crippen LogP contribution in [0.3, 0.4) is 0 Å². The van der Waals surface area contributed by atoms with Gasteiger partial charge in [-0.05, 0) is 30.4 Å². The molecule has 96 valence electrons. The summed E-state index contributed by atoms with van der Waals surface area (Å²) in [5, 5.41) is 0. The monoisotopic (exact) mass is 246 g/mol. The van der Waals surface area contributed by atoms with Gasteiger partial charge in [0.2, 0.25) is 0 Å². The zero-order valence-electron chi connectivity index (χ0n) is 10.6. The molecule has 18 heavy (non-hydrogen) atoms. The van der Waals surface area contributed by atoms with E-state index in [1.807, 2.05) is 16.8 Å². The number of allylic oxidation sites excluding steroid dienone is 4. The fraction of sp³-hybridized carbons (Fsp3) is 0.533. The first-order valence-electron chi connectivity index (χ1n) is 6.79. The average Bonchev–Trinajstić information content (AvgIpc) is 3.04. The molecule has 0 N–H and O–H groups in total. The molecule has 1 saturated carbocycles. The number of rotatable bonds is 3. The molecule has 1 aromatic rings. The number of nitrogens with zero attached hydrogens (tertiary/aromatic N) is 2. The van der Waals surface area contributed by atoms with Crippen molar-refractivity contribution in [2.24, 2.45) is 5.92 Å². The summed E-state index contributed by atoms with van der Waals surface area (Å²) in [4.78, 5) is 4.02. The highest BCUT2D eigenvalue weighted by atomic mass is 19.1. The maximum atomic E-state index is 14.8. The second kappa shape index (κ2) is 4.71. The maximum Gasteiger partial charge on any atom is 0.135 e. The van der Waals surface area contributed by atoms with Crippen molar-refractivity contribution in [3.05, 3.63) is 42.5 Å². The Morgan fingerprint density at radius 1 is 1.39 bits per heavy atom. The van der Waals surface area contributed by atoms with Gasteiger partial charge in [-0.1, -0.05) is 25.0 Å². The molecule has 0 radical (unpaired) electrons. The van der Waals surface area contributed by atoms with E-state index in [1.54, 1.807) is 18.6 Å². The first kappa shape index (κ1) is 11.7. The van der Waals surface area contributed by atoms with Crippen molar-refractivity contribution in [2.75, 3.05) is 0 Å². The number of halogens is 1. The van der Waals surface area contributed by atoms with Crippen molar-refractivity contribution in [3.63, 3.8) is 0 Å². The van der Waals surface area contributed by atoms with Gasteiger partial charge in [-0.25, -0.2) is 9.37 Å². The summed E-state index contributed by atoms with van der Waals surface area (Å²) in [7, 11) is 0. The lowest BCUT2D eigenvalue weighted by molar-refractivity contribution is 0.140. The van der Waals surface area contributed by atoms with Gasteiger partial charge in [-0.15, -0.1) is 0 Å². The first-order chi connectivity index (χ1) is 8.76. The van der Waals surface area contributed by atoms with Crippen LogP contribution in [-0.2, 0) is 6.54 Å². The van der Waals surface area contributed by atoms with Gasteiger partial charge < -0.3 is 4.57 Å². The molecule has 3 heteroatoms. The molecule has 0 aliphatic heterocycles. The van der Waals surface area contributed by atoms with Crippen LogP contribution in [-0.4, -0.2) is 15.2 Å². The lowest BCUT2D eigenvalue weighted by atomic mass is 9.81. The summed E-state index contributed by atoms with van der Waals surface area (Å²) in [5.74, 6) is 0.236. The number of imidazole rings is 1. The van der Waals surface area contributed by atoms with Gasteiger partial charge in [0.15, 0.2) is 0 Å². The van der Waals surface area contributed by atoms with E-state index in [1.165, 1.54) is 18.4 Å². The van der Waals surface area contributed by atoms with Crippen LogP contribution in [0.25, 0.3) is 0 Å². The third-order valence-corrected chi connectivity index (χ3v) is 4.21. The predicted octanol–water partition coefficient (Wildman–Crippen LogP) is 3.67. The van der Waals surface area contributed by atoms with Gasteiger partial charge in [-0.2, -0.15) is 0 Å². The Morgan fingerprint density at radius 3 is 2.83 bits per heavy atom. The molecule has 1 atom stereocenters. The molecule has 0 spiro atoms. The molecular weight excluding hydrogens is 227 g/mol. The third-order valence-electron chi connectivity index (χ3n) is 4.21. The van der Waals surface area contributed by atoms with Gasteiger partial charge in [0, 0.05) is 25.4 Å². The third kappa shape index (κ3) is 2.26. The Hall–Kier alpha value is -1.38. The highest BCUT2D eigenvalue weighted by molar-refractivity contribution is 5.29. The minimum atomic E-state index is -1.09. The van der Waals surface area contributed by atoms with E-state index < -0.39 is 5.67 Å². The summed E-state index contributed by atoms with van der Waals surface area (Å²) in [6.07, 6.45) is 16.3. The minimum Gasteiger partial charge on any atom is -0.333 e. The molecule has 1 unspecified atom stereocenters. The number of aromatic nitrogens is 2. The van der Waals surface area contributed by atoms with Crippen LogP contribution >= 0.6 is 0 Å². The summed E-state index contributed by atoms with van der Waals surface area (Å²) < 4.78 is 16.8. The van der Waals surface area contributed by atoms with E-state index in [0.717, 1.165) is 19.4 Å². The fourth-order valence-electron chi connectivity index (χ4n) is 3.09. The molecule has 0 aromatic carbocycles. The van der Waals surface area contributed by atoms with E-state index in [9.17, 15) is 4.39 Å². The van der Waals surface area contributed by atoms with Gasteiger partial charge in [0.1, 0.15) is 5.67 Å². The van der Waals surface area contributed by atoms with Crippen LogP contribution in [0.4, 0.5) is 4.39 Å². The smallest absolute Gasteiger partial charge is 0.135 e. The Morgan fingerprint density at radius 2 is 2.22 bits per heavy atom. The van der Waals surface area contributed by atoms with Gasteiger partial charge in [0.25, 0.3) is 0 Å². The second-order valence-electron chi connectivity index (χ2n) is 5.46. The molecular formula is C15H19FN2. The van der Waals surface area contributed by atoms with Crippen molar-refractivity contribution in [2.45, 2.75) is 44.3 Å². The SMILES string of the molecule is FC1(C2CCCC2)C=CC(Cn2ccnc2)=CC1. The zero-order valence-corrected chi connectivity index (χ0v) is 10.6. The summed E-state index contributed by atoms with van der Waals surface area (Å²) >= 11 is 0. The summed E-state index contributed by atoms with van der Waals surface area (Å²) in [6.45, 7) is 0.789. The van der Waals surface area contributed by atoms with Crippen molar-refractivity contribution >= 4 is 0 Å². The van der Waals surface area contributed by atoms with E-state index in [2.05, 4.69) is 11.1 Å². The molecule has 0 bridgehead atoms. The standard InChI is InChI=1S/C15H19FN2/c16-15(14-3-1-2-4-14)7-5-13(6-8-15)11-18-10-9-17-12-18/h5-7,9-10,12,14H,1-4,8,11H2. The van der Waals surface area contributed by atoms with Crippen LogP contribution < -0.4 is 0 Å². The Kier molecular flexibility index (Phi) is 3.06. The molecule has 1 aromatic heterocycles. The van der Waals surface area contributed by atoms with Crippen LogP contribution in [0.5, 0.6) is 0 Å². The van der Waals surface area contributed by atoms with Gasteiger partial charge in [-0.3, -0.25) is 0 Å². The van der Waals surface area contributed by atoms with Crippen molar-refractivity contribution in [1.29, 1.82) is 0 Å². The Labute approximate surface area is 107 Å². The molecule has 0 saturated heterocycles. The Bertz CT molecular complexity index is 455. The van der Waals surface area contributed by atoms with Crippen LogP contribution in [0.1, 0.15) is 32.1 Å². The van der Waals surface area contributed by atoms with Crippen LogP contribution in [0, 0.1) is 5.92 Å². The van der Waals surface area contributed by atoms with Crippen LogP contribution in [0.15, 0.2) is 42.5 Å². The molecule has 0 amide bonds. The molecule has 1 fully saturated rings. The molecule has 2 aliphatic carbocycles. The van der Waals surface area contributed by atoms with Crippen molar-refractivity contribution in [1.82, 2.24) is 9.55 Å². The predicted molar refractivity (Wildman–Crippen MR) is 69.9 cm³/mol. The Balaban J connectivity index is 1.66. The van der Waals surface area contributed by atoms with Gasteiger partial charge >= 0.3 is 0 Å². The minimum absolute atomic E-state index is 0.236.